The molecular formula is C20H18ClN3O2S. The molecule has 0 spiro atoms. The quantitative estimate of drug-likeness (QED) is 0.374. The van der Waals surface area contributed by atoms with E-state index in [1.165, 1.54) is 16.3 Å². The predicted molar refractivity (Wildman–Crippen MR) is 110 cm³/mol. The Balaban J connectivity index is 1.71. The third kappa shape index (κ3) is 4.78. The number of rotatable bonds is 7. The SMILES string of the molecule is C=CCn1c(SCC(=O)NCc2ccc(Cl)cc2)nc2ccccc2c1=O. The molecule has 3 aromatic rings. The van der Waals surface area contributed by atoms with Gasteiger partial charge < -0.3 is 5.32 Å². The number of para-hydroxylation sites is 1. The van der Waals surface area contributed by atoms with Gasteiger partial charge in [-0.1, -0.05) is 53.7 Å². The first-order valence-electron chi connectivity index (χ1n) is 8.33. The molecule has 0 unspecified atom stereocenters. The maximum Gasteiger partial charge on any atom is 0.262 e. The van der Waals surface area contributed by atoms with Crippen LogP contribution >= 0.6 is 23.4 Å². The Morgan fingerprint density at radius 1 is 1.22 bits per heavy atom. The van der Waals surface area contributed by atoms with Crippen molar-refractivity contribution in [2.45, 2.75) is 18.2 Å². The Morgan fingerprint density at radius 3 is 2.70 bits per heavy atom. The largest absolute Gasteiger partial charge is 0.351 e. The molecule has 0 aliphatic rings. The fourth-order valence-corrected chi connectivity index (χ4v) is 3.50. The van der Waals surface area contributed by atoms with E-state index in [9.17, 15) is 9.59 Å². The highest BCUT2D eigenvalue weighted by Crippen LogP contribution is 2.18. The number of fused-ring (bicyclic) bond motifs is 1. The highest BCUT2D eigenvalue weighted by molar-refractivity contribution is 7.99. The topological polar surface area (TPSA) is 64.0 Å². The number of aromatic nitrogens is 2. The molecule has 0 bridgehead atoms. The van der Waals surface area contributed by atoms with Crippen molar-refractivity contribution < 1.29 is 4.79 Å². The van der Waals surface area contributed by atoms with Gasteiger partial charge in [-0.2, -0.15) is 0 Å². The van der Waals surface area contributed by atoms with Gasteiger partial charge in [0.2, 0.25) is 5.91 Å². The van der Waals surface area contributed by atoms with Gasteiger partial charge in [0, 0.05) is 18.1 Å². The lowest BCUT2D eigenvalue weighted by Crippen LogP contribution is -2.26. The fourth-order valence-electron chi connectivity index (χ4n) is 2.53. The average Bonchev–Trinajstić information content (AvgIpc) is 2.68. The van der Waals surface area contributed by atoms with Crippen molar-refractivity contribution in [3.05, 3.63) is 82.1 Å². The minimum atomic E-state index is -0.137. The Kier molecular flexibility index (Phi) is 6.32. The Labute approximate surface area is 166 Å². The Hall–Kier alpha value is -2.57. The molecule has 5 nitrogen and oxygen atoms in total. The van der Waals surface area contributed by atoms with Crippen LogP contribution in [0.4, 0.5) is 0 Å². The van der Waals surface area contributed by atoms with Crippen molar-refractivity contribution in [3.63, 3.8) is 0 Å². The smallest absolute Gasteiger partial charge is 0.262 e. The molecule has 3 rings (SSSR count). The summed E-state index contributed by atoms with van der Waals surface area (Å²) in [6.45, 7) is 4.45. The summed E-state index contributed by atoms with van der Waals surface area (Å²) in [5.74, 6) is 0.0257. The van der Waals surface area contributed by atoms with Gasteiger partial charge in [-0.15, -0.1) is 6.58 Å². The molecular weight excluding hydrogens is 382 g/mol. The summed E-state index contributed by atoms with van der Waals surface area (Å²) < 4.78 is 1.53. The molecule has 0 radical (unpaired) electrons. The standard InChI is InChI=1S/C20H18ClN3O2S/c1-2-11-24-19(26)16-5-3-4-6-17(16)23-20(24)27-13-18(25)22-12-14-7-9-15(21)10-8-14/h2-10H,1,11-13H2,(H,22,25). The van der Waals surface area contributed by atoms with Crippen LogP contribution in [-0.2, 0) is 17.9 Å². The highest BCUT2D eigenvalue weighted by Gasteiger charge is 2.12. The van der Waals surface area contributed by atoms with Crippen LogP contribution in [0.25, 0.3) is 10.9 Å². The van der Waals surface area contributed by atoms with Crippen LogP contribution < -0.4 is 10.9 Å². The zero-order valence-electron chi connectivity index (χ0n) is 14.5. The summed E-state index contributed by atoms with van der Waals surface area (Å²) >= 11 is 7.09. The van der Waals surface area contributed by atoms with E-state index in [0.29, 0.717) is 34.2 Å². The summed E-state index contributed by atoms with van der Waals surface area (Å²) in [5.41, 5.74) is 1.45. The maximum atomic E-state index is 12.7. The molecule has 1 amide bonds. The van der Waals surface area contributed by atoms with Gasteiger partial charge in [-0.3, -0.25) is 14.2 Å². The molecule has 0 saturated heterocycles. The molecule has 1 heterocycles. The molecule has 0 aliphatic heterocycles. The minimum absolute atomic E-state index is 0.135. The number of nitrogens with one attached hydrogen (secondary N) is 1. The van der Waals surface area contributed by atoms with Crippen molar-refractivity contribution in [2.75, 3.05) is 5.75 Å². The molecule has 1 aromatic heterocycles. The van der Waals surface area contributed by atoms with Gasteiger partial charge in [-0.25, -0.2) is 4.98 Å². The number of nitrogens with zero attached hydrogens (tertiary/aromatic N) is 2. The number of halogens is 1. The van der Waals surface area contributed by atoms with E-state index in [0.717, 1.165) is 5.56 Å². The van der Waals surface area contributed by atoms with Crippen LogP contribution in [0.2, 0.25) is 5.02 Å². The zero-order chi connectivity index (χ0) is 19.2. The predicted octanol–water partition coefficient (Wildman–Crippen LogP) is 3.64. The molecule has 0 atom stereocenters. The number of amides is 1. The molecule has 0 fully saturated rings. The summed E-state index contributed by atoms with van der Waals surface area (Å²) in [6, 6.07) is 14.5. The molecule has 138 valence electrons. The van der Waals surface area contributed by atoms with Gasteiger partial charge in [0.25, 0.3) is 5.56 Å². The molecule has 2 aromatic carbocycles. The van der Waals surface area contributed by atoms with E-state index < -0.39 is 0 Å². The van der Waals surface area contributed by atoms with E-state index in [4.69, 9.17) is 11.6 Å². The second-order valence-electron chi connectivity index (χ2n) is 5.81. The van der Waals surface area contributed by atoms with Gasteiger partial charge >= 0.3 is 0 Å². The van der Waals surface area contributed by atoms with Crippen molar-refractivity contribution >= 4 is 40.2 Å². The summed E-state index contributed by atoms with van der Waals surface area (Å²) in [7, 11) is 0. The van der Waals surface area contributed by atoms with E-state index in [1.54, 1.807) is 36.4 Å². The molecule has 7 heteroatoms. The van der Waals surface area contributed by atoms with Crippen LogP contribution in [0.1, 0.15) is 5.56 Å². The van der Waals surface area contributed by atoms with E-state index in [1.807, 2.05) is 18.2 Å². The lowest BCUT2D eigenvalue weighted by molar-refractivity contribution is -0.118. The second-order valence-corrected chi connectivity index (χ2v) is 7.19. The first-order chi connectivity index (χ1) is 13.1. The van der Waals surface area contributed by atoms with Crippen LogP contribution in [0.15, 0.2) is 71.1 Å². The average molecular weight is 400 g/mol. The van der Waals surface area contributed by atoms with Gasteiger partial charge in [0.15, 0.2) is 5.16 Å². The summed E-state index contributed by atoms with van der Waals surface area (Å²) in [5, 5.41) is 4.56. The van der Waals surface area contributed by atoms with Gasteiger partial charge in [0.05, 0.1) is 16.7 Å². The number of hydrogen-bond acceptors (Lipinski definition) is 4. The van der Waals surface area contributed by atoms with E-state index in [-0.39, 0.29) is 17.2 Å². The number of carbonyl (C=O) groups excluding carboxylic acids is 1. The highest BCUT2D eigenvalue weighted by atomic mass is 35.5. The first kappa shape index (κ1) is 19.2. The third-order valence-electron chi connectivity index (χ3n) is 3.87. The van der Waals surface area contributed by atoms with Crippen LogP contribution in [0, 0.1) is 0 Å². The fraction of sp³-hybridized carbons (Fsp3) is 0.150. The maximum absolute atomic E-state index is 12.7. The minimum Gasteiger partial charge on any atom is -0.351 e. The third-order valence-corrected chi connectivity index (χ3v) is 5.10. The van der Waals surface area contributed by atoms with Crippen molar-refractivity contribution in [1.82, 2.24) is 14.9 Å². The number of allylic oxidation sites excluding steroid dienone is 1. The van der Waals surface area contributed by atoms with Gasteiger partial charge in [0.1, 0.15) is 0 Å². The van der Waals surface area contributed by atoms with Crippen LogP contribution in [-0.4, -0.2) is 21.2 Å². The van der Waals surface area contributed by atoms with Crippen molar-refractivity contribution in [1.29, 1.82) is 0 Å². The lowest BCUT2D eigenvalue weighted by atomic mass is 10.2. The second kappa shape index (κ2) is 8.88. The zero-order valence-corrected chi connectivity index (χ0v) is 16.1. The molecule has 0 aliphatic carbocycles. The Morgan fingerprint density at radius 2 is 1.96 bits per heavy atom. The van der Waals surface area contributed by atoms with Crippen molar-refractivity contribution in [2.24, 2.45) is 0 Å². The van der Waals surface area contributed by atoms with Gasteiger partial charge in [-0.05, 0) is 29.8 Å². The number of hydrogen-bond donors (Lipinski definition) is 1. The number of thioether (sulfide) groups is 1. The van der Waals surface area contributed by atoms with Crippen molar-refractivity contribution in [3.8, 4) is 0 Å². The molecule has 0 saturated carbocycles. The Bertz CT molecular complexity index is 1030. The lowest BCUT2D eigenvalue weighted by Gasteiger charge is -2.11. The summed E-state index contributed by atoms with van der Waals surface area (Å²) in [4.78, 5) is 29.4. The van der Waals surface area contributed by atoms with E-state index >= 15 is 0 Å². The number of carbonyl (C=O) groups is 1. The summed E-state index contributed by atoms with van der Waals surface area (Å²) in [6.07, 6.45) is 1.64. The van der Waals surface area contributed by atoms with Crippen LogP contribution in [0.5, 0.6) is 0 Å². The van der Waals surface area contributed by atoms with E-state index in [2.05, 4.69) is 16.9 Å². The monoisotopic (exact) mass is 399 g/mol. The van der Waals surface area contributed by atoms with Crippen LogP contribution in [0.3, 0.4) is 0 Å². The number of benzene rings is 2. The first-order valence-corrected chi connectivity index (χ1v) is 9.69. The molecule has 27 heavy (non-hydrogen) atoms. The molecule has 1 N–H and O–H groups in total. The normalized spacial score (nSPS) is 10.7.